The zero-order chi connectivity index (χ0) is 17.8. The Bertz CT molecular complexity index is 784. The zero-order valence-electron chi connectivity index (χ0n) is 13.3. The van der Waals surface area contributed by atoms with Gasteiger partial charge in [-0.15, -0.1) is 0 Å². The Kier molecular flexibility index (Phi) is 5.08. The normalized spacial score (nSPS) is 17.2. The molecule has 0 spiro atoms. The summed E-state index contributed by atoms with van der Waals surface area (Å²) in [5.74, 6) is 0.260. The van der Waals surface area contributed by atoms with Crippen LogP contribution in [-0.4, -0.2) is 33.9 Å². The zero-order valence-corrected chi connectivity index (χ0v) is 14.0. The van der Waals surface area contributed by atoms with E-state index in [2.05, 4.69) is 15.3 Å². The number of carbonyl (C=O) groups is 1. The van der Waals surface area contributed by atoms with Crippen molar-refractivity contribution in [1.82, 2.24) is 9.97 Å². The van der Waals surface area contributed by atoms with Gasteiger partial charge in [-0.25, -0.2) is 9.97 Å². The number of hydrogen-bond acceptors (Lipinski definition) is 6. The minimum absolute atomic E-state index is 0.0528. The third-order valence-corrected chi connectivity index (χ3v) is 4.26. The van der Waals surface area contributed by atoms with Gasteiger partial charge < -0.3 is 10.2 Å². The predicted molar refractivity (Wildman–Crippen MR) is 93.7 cm³/mol. The number of carbonyl (C=O) groups excluding carboxylic acids is 1. The first kappa shape index (κ1) is 17.1. The molecule has 0 radical (unpaired) electrons. The van der Waals surface area contributed by atoms with Crippen molar-refractivity contribution in [3.63, 3.8) is 0 Å². The predicted octanol–water partition coefficient (Wildman–Crippen LogP) is 2.89. The maximum Gasteiger partial charge on any atom is 0.311 e. The summed E-state index contributed by atoms with van der Waals surface area (Å²) in [6.07, 6.45) is 4.43. The second-order valence-electron chi connectivity index (χ2n) is 5.74. The highest BCUT2D eigenvalue weighted by atomic mass is 35.5. The van der Waals surface area contributed by atoms with Gasteiger partial charge in [0.2, 0.25) is 11.7 Å². The van der Waals surface area contributed by atoms with E-state index >= 15 is 0 Å². The van der Waals surface area contributed by atoms with E-state index in [0.717, 1.165) is 6.42 Å². The Morgan fingerprint density at radius 3 is 2.92 bits per heavy atom. The summed E-state index contributed by atoms with van der Waals surface area (Å²) in [5, 5.41) is 14.4. The lowest BCUT2D eigenvalue weighted by atomic mass is 9.97. The summed E-state index contributed by atoms with van der Waals surface area (Å²) in [4.78, 5) is 33.2. The number of nitrogens with one attached hydrogen (secondary N) is 1. The number of amides is 1. The lowest BCUT2D eigenvalue weighted by Gasteiger charge is -2.32. The smallest absolute Gasteiger partial charge is 0.311 e. The van der Waals surface area contributed by atoms with Gasteiger partial charge in [-0.05, 0) is 31.0 Å². The molecule has 8 nitrogen and oxygen atoms in total. The van der Waals surface area contributed by atoms with Crippen molar-refractivity contribution in [2.75, 3.05) is 23.3 Å². The van der Waals surface area contributed by atoms with Crippen LogP contribution in [0.25, 0.3) is 0 Å². The number of anilines is 2. The topological polar surface area (TPSA) is 101 Å². The summed E-state index contributed by atoms with van der Waals surface area (Å²) in [5.41, 5.74) is -0.0528. The van der Waals surface area contributed by atoms with Crippen LogP contribution < -0.4 is 10.2 Å². The highest BCUT2D eigenvalue weighted by molar-refractivity contribution is 6.30. The molecule has 0 aliphatic carbocycles. The first-order valence-electron chi connectivity index (χ1n) is 7.81. The van der Waals surface area contributed by atoms with Gasteiger partial charge in [0.05, 0.1) is 15.9 Å². The fraction of sp³-hybridized carbons (Fsp3) is 0.312. The molecule has 1 amide bonds. The van der Waals surface area contributed by atoms with Crippen LogP contribution in [0, 0.1) is 16.0 Å². The molecule has 1 atom stereocenters. The highest BCUT2D eigenvalue weighted by Crippen LogP contribution is 2.29. The third kappa shape index (κ3) is 4.03. The fourth-order valence-electron chi connectivity index (χ4n) is 2.84. The Labute approximate surface area is 149 Å². The summed E-state index contributed by atoms with van der Waals surface area (Å²) in [7, 11) is 0. The third-order valence-electron chi connectivity index (χ3n) is 4.03. The molecular formula is C16H16ClN5O3. The summed E-state index contributed by atoms with van der Waals surface area (Å²) >= 11 is 5.78. The van der Waals surface area contributed by atoms with Gasteiger partial charge in [-0.2, -0.15) is 0 Å². The van der Waals surface area contributed by atoms with Gasteiger partial charge in [-0.3, -0.25) is 14.9 Å². The van der Waals surface area contributed by atoms with E-state index < -0.39 is 4.92 Å². The molecule has 1 unspecified atom stereocenters. The first-order chi connectivity index (χ1) is 12.0. The Morgan fingerprint density at radius 2 is 2.20 bits per heavy atom. The molecule has 1 fully saturated rings. The van der Waals surface area contributed by atoms with Gasteiger partial charge >= 0.3 is 5.69 Å². The van der Waals surface area contributed by atoms with Crippen LogP contribution in [0.4, 0.5) is 17.3 Å². The monoisotopic (exact) mass is 361 g/mol. The van der Waals surface area contributed by atoms with Crippen molar-refractivity contribution < 1.29 is 9.72 Å². The van der Waals surface area contributed by atoms with Crippen molar-refractivity contribution in [2.45, 2.75) is 12.8 Å². The first-order valence-corrected chi connectivity index (χ1v) is 8.19. The SMILES string of the molecule is O=C(Nc1ccc(Cl)cn1)C1CCCN(c2ncccc2[N+](=O)[O-])C1. The van der Waals surface area contributed by atoms with Crippen molar-refractivity contribution in [3.05, 3.63) is 51.8 Å². The van der Waals surface area contributed by atoms with Gasteiger partial charge in [0.1, 0.15) is 5.82 Å². The van der Waals surface area contributed by atoms with Crippen LogP contribution in [0.3, 0.4) is 0 Å². The summed E-state index contributed by atoms with van der Waals surface area (Å²) in [6, 6.07) is 6.23. The minimum Gasteiger partial charge on any atom is -0.350 e. The lowest BCUT2D eigenvalue weighted by molar-refractivity contribution is -0.384. The number of pyridine rings is 2. The Balaban J connectivity index is 1.72. The Morgan fingerprint density at radius 1 is 1.36 bits per heavy atom. The number of aromatic nitrogens is 2. The van der Waals surface area contributed by atoms with E-state index in [0.29, 0.717) is 36.2 Å². The van der Waals surface area contributed by atoms with Crippen molar-refractivity contribution in [2.24, 2.45) is 5.92 Å². The second-order valence-corrected chi connectivity index (χ2v) is 6.18. The van der Waals surface area contributed by atoms with Crippen molar-refractivity contribution in [3.8, 4) is 0 Å². The number of halogens is 1. The molecule has 1 saturated heterocycles. The van der Waals surface area contributed by atoms with Crippen LogP contribution in [0.5, 0.6) is 0 Å². The van der Waals surface area contributed by atoms with Gasteiger partial charge in [0.15, 0.2) is 0 Å². The van der Waals surface area contributed by atoms with E-state index in [1.807, 2.05) is 0 Å². The molecule has 1 N–H and O–H groups in total. The highest BCUT2D eigenvalue weighted by Gasteiger charge is 2.30. The molecule has 0 aromatic carbocycles. The Hall–Kier alpha value is -2.74. The average Bonchev–Trinajstić information content (AvgIpc) is 2.63. The maximum atomic E-state index is 12.5. The van der Waals surface area contributed by atoms with Gasteiger partial charge in [0, 0.05) is 31.5 Å². The number of piperidine rings is 1. The molecule has 1 aliphatic heterocycles. The molecule has 130 valence electrons. The standard InChI is InChI=1S/C16H16ClN5O3/c17-12-5-6-14(19-9-12)20-16(23)11-3-2-8-21(10-11)15-13(22(24)25)4-1-7-18-15/h1,4-7,9,11H,2-3,8,10H2,(H,19,20,23). The lowest BCUT2D eigenvalue weighted by Crippen LogP contribution is -2.41. The van der Waals surface area contributed by atoms with Crippen LogP contribution in [0.1, 0.15) is 12.8 Å². The molecule has 2 aromatic rings. The van der Waals surface area contributed by atoms with E-state index in [1.165, 1.54) is 24.5 Å². The summed E-state index contributed by atoms with van der Waals surface area (Å²) < 4.78 is 0. The molecule has 0 saturated carbocycles. The maximum absolute atomic E-state index is 12.5. The van der Waals surface area contributed by atoms with Crippen molar-refractivity contribution in [1.29, 1.82) is 0 Å². The molecule has 3 heterocycles. The van der Waals surface area contributed by atoms with E-state index in [-0.39, 0.29) is 17.5 Å². The van der Waals surface area contributed by atoms with E-state index in [9.17, 15) is 14.9 Å². The van der Waals surface area contributed by atoms with Crippen LogP contribution in [0.15, 0.2) is 36.7 Å². The van der Waals surface area contributed by atoms with Gasteiger partial charge in [-0.1, -0.05) is 11.6 Å². The van der Waals surface area contributed by atoms with Crippen LogP contribution in [-0.2, 0) is 4.79 Å². The molecule has 25 heavy (non-hydrogen) atoms. The molecule has 1 aliphatic rings. The number of nitro groups is 1. The van der Waals surface area contributed by atoms with Crippen molar-refractivity contribution >= 4 is 34.8 Å². The molecule has 3 rings (SSSR count). The van der Waals surface area contributed by atoms with E-state index in [4.69, 9.17) is 11.6 Å². The number of hydrogen-bond donors (Lipinski definition) is 1. The van der Waals surface area contributed by atoms with Crippen LogP contribution >= 0.6 is 11.6 Å². The van der Waals surface area contributed by atoms with Crippen LogP contribution in [0.2, 0.25) is 5.02 Å². The minimum atomic E-state index is -0.455. The van der Waals surface area contributed by atoms with Gasteiger partial charge in [0.25, 0.3) is 0 Å². The average molecular weight is 362 g/mol. The molecule has 9 heteroatoms. The molecule has 0 bridgehead atoms. The molecular weight excluding hydrogens is 346 g/mol. The fourth-order valence-corrected chi connectivity index (χ4v) is 2.95. The van der Waals surface area contributed by atoms with E-state index in [1.54, 1.807) is 17.0 Å². The summed E-state index contributed by atoms with van der Waals surface area (Å²) in [6.45, 7) is 0.998. The molecule has 2 aromatic heterocycles. The number of nitrogens with zero attached hydrogens (tertiary/aromatic N) is 4. The largest absolute Gasteiger partial charge is 0.350 e. The quantitative estimate of drug-likeness (QED) is 0.663. The number of rotatable bonds is 4. The second kappa shape index (κ2) is 7.43.